The van der Waals surface area contributed by atoms with Crippen LogP contribution in [0, 0.1) is 11.3 Å². The Kier molecular flexibility index (Phi) is 4.58. The SMILES string of the molecule is CC1(O)CCC2CC1(O)C2(C)C.OB(O)Cc1ccsc1. The zero-order valence-corrected chi connectivity index (χ0v) is 13.7. The summed E-state index contributed by atoms with van der Waals surface area (Å²) in [5.74, 6) is 0.614. The molecule has 0 amide bonds. The second-order valence-electron chi connectivity index (χ2n) is 7.11. The summed E-state index contributed by atoms with van der Waals surface area (Å²) < 4.78 is 0. The number of thiophene rings is 1. The molecule has 3 fully saturated rings. The molecule has 3 saturated carbocycles. The van der Waals surface area contributed by atoms with Crippen molar-refractivity contribution in [2.24, 2.45) is 11.3 Å². The van der Waals surface area contributed by atoms with Gasteiger partial charge < -0.3 is 20.3 Å². The van der Waals surface area contributed by atoms with E-state index >= 15 is 0 Å². The van der Waals surface area contributed by atoms with Crippen molar-refractivity contribution in [1.82, 2.24) is 0 Å². The minimum Gasteiger partial charge on any atom is -0.427 e. The van der Waals surface area contributed by atoms with Crippen LogP contribution in [-0.2, 0) is 6.32 Å². The average Bonchev–Trinajstić information content (AvgIpc) is 2.85. The van der Waals surface area contributed by atoms with E-state index < -0.39 is 18.3 Å². The van der Waals surface area contributed by atoms with E-state index in [1.165, 1.54) is 0 Å². The molecule has 3 unspecified atom stereocenters. The molecule has 3 atom stereocenters. The van der Waals surface area contributed by atoms with Crippen LogP contribution in [0.1, 0.15) is 45.6 Å². The molecule has 0 spiro atoms. The molecule has 4 nitrogen and oxygen atoms in total. The van der Waals surface area contributed by atoms with Gasteiger partial charge in [-0.15, -0.1) is 0 Å². The molecule has 0 aliphatic heterocycles. The van der Waals surface area contributed by atoms with Crippen LogP contribution in [-0.4, -0.2) is 38.6 Å². The van der Waals surface area contributed by atoms with Gasteiger partial charge in [0.2, 0.25) is 0 Å². The molecule has 4 N–H and O–H groups in total. The third kappa shape index (κ3) is 2.92. The van der Waals surface area contributed by atoms with Crippen molar-refractivity contribution in [2.75, 3.05) is 0 Å². The number of aliphatic hydroxyl groups is 2. The van der Waals surface area contributed by atoms with E-state index in [1.807, 2.05) is 16.8 Å². The predicted molar refractivity (Wildman–Crippen MR) is 84.9 cm³/mol. The maximum absolute atomic E-state index is 10.2. The summed E-state index contributed by atoms with van der Waals surface area (Å²) in [4.78, 5) is 0. The van der Waals surface area contributed by atoms with Gasteiger partial charge in [-0.1, -0.05) is 13.8 Å². The Hall–Kier alpha value is -0.395. The molecule has 6 heteroatoms. The number of hydrogen-bond donors (Lipinski definition) is 4. The van der Waals surface area contributed by atoms with E-state index in [4.69, 9.17) is 10.0 Å². The topological polar surface area (TPSA) is 80.9 Å². The zero-order chi connectivity index (χ0) is 15.9. The summed E-state index contributed by atoms with van der Waals surface area (Å²) in [7, 11) is -1.21. The summed E-state index contributed by atoms with van der Waals surface area (Å²) in [6.07, 6.45) is 2.93. The second kappa shape index (κ2) is 5.67. The van der Waals surface area contributed by atoms with Gasteiger partial charge in [0.25, 0.3) is 0 Å². The third-order valence-electron chi connectivity index (χ3n) is 5.50. The van der Waals surface area contributed by atoms with Crippen LogP contribution >= 0.6 is 11.3 Å². The molecule has 1 aromatic heterocycles. The van der Waals surface area contributed by atoms with Gasteiger partial charge in [-0.2, -0.15) is 11.3 Å². The highest BCUT2D eigenvalue weighted by atomic mass is 32.1. The highest BCUT2D eigenvalue weighted by molar-refractivity contribution is 7.08. The largest absolute Gasteiger partial charge is 0.456 e. The summed E-state index contributed by atoms with van der Waals surface area (Å²) in [5.41, 5.74) is -0.807. The van der Waals surface area contributed by atoms with E-state index in [-0.39, 0.29) is 5.41 Å². The van der Waals surface area contributed by atoms with Gasteiger partial charge in [0.15, 0.2) is 0 Å². The molecule has 1 aromatic rings. The molecule has 4 rings (SSSR count). The molecule has 0 aromatic carbocycles. The van der Waals surface area contributed by atoms with Gasteiger partial charge >= 0.3 is 7.12 Å². The molecule has 3 aliphatic carbocycles. The molecular weight excluding hydrogens is 287 g/mol. The maximum Gasteiger partial charge on any atom is 0.456 e. The summed E-state index contributed by atoms with van der Waals surface area (Å²) in [5, 5.41) is 41.1. The lowest BCUT2D eigenvalue weighted by molar-refractivity contribution is -0.312. The van der Waals surface area contributed by atoms with Crippen molar-refractivity contribution in [3.8, 4) is 0 Å². The second-order valence-corrected chi connectivity index (χ2v) is 7.89. The van der Waals surface area contributed by atoms with Crippen LogP contribution in [0.3, 0.4) is 0 Å². The molecule has 0 radical (unpaired) electrons. The van der Waals surface area contributed by atoms with E-state index in [0.717, 1.165) is 24.8 Å². The average molecular weight is 312 g/mol. The van der Waals surface area contributed by atoms with Crippen LogP contribution in [0.15, 0.2) is 16.8 Å². The molecule has 1 heterocycles. The Morgan fingerprint density at radius 3 is 2.33 bits per heavy atom. The van der Waals surface area contributed by atoms with Crippen LogP contribution < -0.4 is 0 Å². The normalized spacial score (nSPS) is 36.2. The lowest BCUT2D eigenvalue weighted by Crippen LogP contribution is -2.74. The van der Waals surface area contributed by atoms with Crippen molar-refractivity contribution >= 4 is 18.5 Å². The monoisotopic (exact) mass is 312 g/mol. The van der Waals surface area contributed by atoms with Gasteiger partial charge in [-0.25, -0.2) is 0 Å². The van der Waals surface area contributed by atoms with Gasteiger partial charge in [0.1, 0.15) is 0 Å². The predicted octanol–water partition coefficient (Wildman–Crippen LogP) is 1.61. The van der Waals surface area contributed by atoms with Crippen molar-refractivity contribution in [1.29, 1.82) is 0 Å². The lowest BCUT2D eigenvalue weighted by Gasteiger charge is -2.68. The van der Waals surface area contributed by atoms with Crippen molar-refractivity contribution < 1.29 is 20.3 Å². The Morgan fingerprint density at radius 2 is 1.95 bits per heavy atom. The molecule has 21 heavy (non-hydrogen) atoms. The summed E-state index contributed by atoms with van der Waals surface area (Å²) in [6.45, 7) is 5.90. The van der Waals surface area contributed by atoms with Crippen LogP contribution in [0.5, 0.6) is 0 Å². The van der Waals surface area contributed by atoms with E-state index in [0.29, 0.717) is 12.2 Å². The third-order valence-corrected chi connectivity index (χ3v) is 6.23. The minimum atomic E-state index is -1.21. The fraction of sp³-hybridized carbons (Fsp3) is 0.733. The smallest absolute Gasteiger partial charge is 0.427 e. The van der Waals surface area contributed by atoms with Gasteiger partial charge in [-0.05, 0) is 59.9 Å². The molecule has 3 aliphatic rings. The Bertz CT molecular complexity index is 462. The fourth-order valence-electron chi connectivity index (χ4n) is 3.74. The molecule has 2 bridgehead atoms. The Morgan fingerprint density at radius 1 is 1.29 bits per heavy atom. The van der Waals surface area contributed by atoms with Crippen LogP contribution in [0.4, 0.5) is 0 Å². The standard InChI is InChI=1S/C10H18O2.C5H7BO2S/c1-8(2)7-4-5-9(3,11)10(8,12)6-7;7-6(8)3-5-1-2-9-4-5/h7,11-12H,4-6H2,1-3H3;1-2,4,7-8H,3H2. The summed E-state index contributed by atoms with van der Waals surface area (Å²) >= 11 is 1.56. The number of hydrogen-bond acceptors (Lipinski definition) is 5. The van der Waals surface area contributed by atoms with Crippen molar-refractivity contribution in [3.05, 3.63) is 22.4 Å². The van der Waals surface area contributed by atoms with E-state index in [9.17, 15) is 10.2 Å². The zero-order valence-electron chi connectivity index (χ0n) is 12.9. The lowest BCUT2D eigenvalue weighted by atomic mass is 9.41. The van der Waals surface area contributed by atoms with Crippen molar-refractivity contribution in [3.63, 3.8) is 0 Å². The quantitative estimate of drug-likeness (QED) is 0.626. The first kappa shape index (κ1) is 17.0. The van der Waals surface area contributed by atoms with Crippen LogP contribution in [0.2, 0.25) is 0 Å². The van der Waals surface area contributed by atoms with Crippen molar-refractivity contribution in [2.45, 2.75) is 57.6 Å². The Balaban J connectivity index is 0.000000161. The van der Waals surface area contributed by atoms with Gasteiger partial charge in [0.05, 0.1) is 11.2 Å². The van der Waals surface area contributed by atoms with Gasteiger partial charge in [-0.3, -0.25) is 0 Å². The first-order valence-corrected chi connectivity index (χ1v) is 8.36. The number of rotatable bonds is 2. The first-order valence-electron chi connectivity index (χ1n) is 7.42. The van der Waals surface area contributed by atoms with E-state index in [1.54, 1.807) is 18.3 Å². The number of fused-ring (bicyclic) bond motifs is 2. The maximum atomic E-state index is 10.2. The van der Waals surface area contributed by atoms with Crippen LogP contribution in [0.25, 0.3) is 0 Å². The summed E-state index contributed by atoms with van der Waals surface area (Å²) in [6, 6.07) is 1.88. The van der Waals surface area contributed by atoms with Gasteiger partial charge in [0, 0.05) is 6.32 Å². The highest BCUT2D eigenvalue weighted by Gasteiger charge is 2.69. The fourth-order valence-corrected chi connectivity index (χ4v) is 4.42. The van der Waals surface area contributed by atoms with E-state index in [2.05, 4.69) is 13.8 Å². The highest BCUT2D eigenvalue weighted by Crippen LogP contribution is 2.65. The first-order chi connectivity index (χ1) is 9.60. The molecular formula is C15H25BO4S. The minimum absolute atomic E-state index is 0.0885. The molecule has 0 saturated heterocycles. The molecule has 118 valence electrons. The Labute approximate surface area is 130 Å².